The van der Waals surface area contributed by atoms with E-state index in [1.54, 1.807) is 0 Å². The molecule has 1 amide bonds. The van der Waals surface area contributed by atoms with Crippen LogP contribution in [0.3, 0.4) is 0 Å². The van der Waals surface area contributed by atoms with Crippen LogP contribution >= 0.6 is 0 Å². The monoisotopic (exact) mass is 503 g/mol. The third-order valence-electron chi connectivity index (χ3n) is 7.99. The van der Waals surface area contributed by atoms with E-state index in [1.807, 2.05) is 0 Å². The topological polar surface area (TPSA) is 20.3 Å². The van der Waals surface area contributed by atoms with Crippen molar-refractivity contribution >= 4 is 5.91 Å². The van der Waals surface area contributed by atoms with Gasteiger partial charge >= 0.3 is 0 Å². The quantitative estimate of drug-likeness (QED) is 0.307. The van der Waals surface area contributed by atoms with Gasteiger partial charge in [-0.3, -0.25) is 4.79 Å². The highest BCUT2D eigenvalue weighted by atomic mass is 16.2. The first-order chi connectivity index (χ1) is 18.0. The lowest BCUT2D eigenvalue weighted by Gasteiger charge is -2.38. The molecular weight excluding hydrogens is 450 g/mol. The van der Waals surface area contributed by atoms with Crippen molar-refractivity contribution in [3.8, 4) is 0 Å². The summed E-state index contributed by atoms with van der Waals surface area (Å²) >= 11 is 0. The molecule has 1 aromatic rings. The number of hydrogen-bond acceptors (Lipinski definition) is 1. The zero-order valence-electron chi connectivity index (χ0n) is 24.4. The van der Waals surface area contributed by atoms with E-state index < -0.39 is 0 Å². The van der Waals surface area contributed by atoms with E-state index in [-0.39, 0.29) is 5.41 Å². The zero-order chi connectivity index (χ0) is 26.9. The molecule has 0 spiro atoms. The van der Waals surface area contributed by atoms with Gasteiger partial charge in [0.1, 0.15) is 0 Å². The summed E-state index contributed by atoms with van der Waals surface area (Å²) in [6.45, 7) is 11.9. The second-order valence-electron chi connectivity index (χ2n) is 10.9. The van der Waals surface area contributed by atoms with Crippen LogP contribution in [0.4, 0.5) is 0 Å². The average Bonchev–Trinajstić information content (AvgIpc) is 3.30. The lowest BCUT2D eigenvalue weighted by atomic mass is 9.67. The summed E-state index contributed by atoms with van der Waals surface area (Å²) in [5, 5.41) is 0. The molecule has 0 N–H and O–H groups in total. The summed E-state index contributed by atoms with van der Waals surface area (Å²) in [6, 6.07) is 11.1. The Morgan fingerprint density at radius 3 is 2.16 bits per heavy atom. The van der Waals surface area contributed by atoms with Crippen molar-refractivity contribution in [2.45, 2.75) is 117 Å². The van der Waals surface area contributed by atoms with Crippen LogP contribution in [0.2, 0.25) is 0 Å². The molecule has 4 rings (SSSR count). The average molecular weight is 504 g/mol. The van der Waals surface area contributed by atoms with E-state index in [0.717, 1.165) is 32.2 Å². The first-order valence-electron chi connectivity index (χ1n) is 15.0. The first-order valence-corrected chi connectivity index (χ1v) is 15.0. The molecule has 3 unspecified atom stereocenters. The molecule has 1 fully saturated rings. The molecule has 2 nitrogen and oxygen atoms in total. The largest absolute Gasteiger partial charge is 0.339 e. The Balaban J connectivity index is 0.000000303. The van der Waals surface area contributed by atoms with Crippen molar-refractivity contribution in [2.24, 2.45) is 5.92 Å². The van der Waals surface area contributed by atoms with Crippen LogP contribution < -0.4 is 0 Å². The van der Waals surface area contributed by atoms with Crippen LogP contribution in [0.5, 0.6) is 0 Å². The number of likely N-dealkylation sites (tertiary alicyclic amines) is 1. The van der Waals surface area contributed by atoms with Gasteiger partial charge in [-0.2, -0.15) is 0 Å². The number of nitrogens with zero attached hydrogens (tertiary/aromatic N) is 1. The Hall–Kier alpha value is -2.35. The predicted octanol–water partition coefficient (Wildman–Crippen LogP) is 9.74. The summed E-state index contributed by atoms with van der Waals surface area (Å²) in [6.07, 6.45) is 28.3. The van der Waals surface area contributed by atoms with Gasteiger partial charge in [0.25, 0.3) is 0 Å². The first kappa shape index (κ1) is 30.9. The number of hydrogen-bond donors (Lipinski definition) is 0. The number of unbranched alkanes of at least 4 members (excludes halogenated alkanes) is 3. The highest BCUT2D eigenvalue weighted by Crippen LogP contribution is 2.45. The zero-order valence-corrected chi connectivity index (χ0v) is 24.4. The Kier molecular flexibility index (Phi) is 14.4. The fraction of sp³-hybridized carbons (Fsp3) is 0.571. The fourth-order valence-electron chi connectivity index (χ4n) is 5.70. The van der Waals surface area contributed by atoms with Crippen molar-refractivity contribution in [3.63, 3.8) is 0 Å². The molecule has 3 atom stereocenters. The van der Waals surface area contributed by atoms with Gasteiger partial charge in [-0.1, -0.05) is 138 Å². The van der Waals surface area contributed by atoms with Crippen molar-refractivity contribution in [1.82, 2.24) is 4.90 Å². The van der Waals surface area contributed by atoms with Crippen molar-refractivity contribution in [2.75, 3.05) is 6.54 Å². The number of rotatable bonds is 9. The van der Waals surface area contributed by atoms with E-state index in [9.17, 15) is 4.79 Å². The Morgan fingerprint density at radius 2 is 1.68 bits per heavy atom. The molecule has 1 heterocycles. The van der Waals surface area contributed by atoms with E-state index in [0.29, 0.717) is 24.3 Å². The molecule has 0 bridgehead atoms. The molecular formula is C35H53NO. The van der Waals surface area contributed by atoms with E-state index >= 15 is 0 Å². The minimum absolute atomic E-state index is 0.0826. The molecule has 1 saturated heterocycles. The highest BCUT2D eigenvalue weighted by molar-refractivity contribution is 5.81. The minimum atomic E-state index is -0.0826. The Bertz CT molecular complexity index is 889. The normalized spacial score (nSPS) is 23.1. The number of carbonyl (C=O) groups is 1. The molecule has 2 aliphatic carbocycles. The smallest absolute Gasteiger partial charge is 0.223 e. The summed E-state index contributed by atoms with van der Waals surface area (Å²) in [5.41, 5.74) is 2.74. The van der Waals surface area contributed by atoms with Gasteiger partial charge in [0.05, 0.1) is 0 Å². The van der Waals surface area contributed by atoms with Gasteiger partial charge in [0.2, 0.25) is 5.91 Å². The summed E-state index contributed by atoms with van der Waals surface area (Å²) in [5.74, 6) is 0.736. The van der Waals surface area contributed by atoms with Crippen LogP contribution in [-0.2, 0) is 10.2 Å². The SMILES string of the molecule is CC1=CC=CCC1.CCCC(CC)N1CC(c2ccccc2)(C2C=CC=CC2)CC1=O.CCCCCC. The fourth-order valence-corrected chi connectivity index (χ4v) is 5.70. The maximum Gasteiger partial charge on any atom is 0.223 e. The lowest BCUT2D eigenvalue weighted by Crippen LogP contribution is -2.41. The van der Waals surface area contributed by atoms with E-state index in [4.69, 9.17) is 0 Å². The molecule has 37 heavy (non-hydrogen) atoms. The van der Waals surface area contributed by atoms with Gasteiger partial charge < -0.3 is 4.90 Å². The molecule has 0 saturated carbocycles. The van der Waals surface area contributed by atoms with Gasteiger partial charge in [0, 0.05) is 24.4 Å². The molecule has 2 heteroatoms. The third-order valence-corrected chi connectivity index (χ3v) is 7.99. The van der Waals surface area contributed by atoms with Gasteiger partial charge in [-0.25, -0.2) is 0 Å². The molecule has 204 valence electrons. The van der Waals surface area contributed by atoms with Crippen LogP contribution in [0.25, 0.3) is 0 Å². The van der Waals surface area contributed by atoms with Crippen LogP contribution in [0, 0.1) is 5.92 Å². The van der Waals surface area contributed by atoms with Crippen molar-refractivity contribution < 1.29 is 4.79 Å². The number of amides is 1. The second-order valence-corrected chi connectivity index (χ2v) is 10.9. The number of carbonyl (C=O) groups excluding carboxylic acids is 1. The molecule has 1 aliphatic heterocycles. The minimum Gasteiger partial charge on any atom is -0.339 e. The van der Waals surface area contributed by atoms with Crippen LogP contribution in [0.1, 0.15) is 111 Å². The van der Waals surface area contributed by atoms with E-state index in [2.05, 4.69) is 112 Å². The van der Waals surface area contributed by atoms with Crippen LogP contribution in [0.15, 0.2) is 78.4 Å². The van der Waals surface area contributed by atoms with Crippen LogP contribution in [-0.4, -0.2) is 23.4 Å². The lowest BCUT2D eigenvalue weighted by molar-refractivity contribution is -0.129. The summed E-state index contributed by atoms with van der Waals surface area (Å²) < 4.78 is 0. The molecule has 0 radical (unpaired) electrons. The maximum absolute atomic E-state index is 13.0. The van der Waals surface area contributed by atoms with Crippen molar-refractivity contribution in [1.29, 1.82) is 0 Å². The van der Waals surface area contributed by atoms with Gasteiger partial charge in [-0.15, -0.1) is 0 Å². The Morgan fingerprint density at radius 1 is 0.946 bits per heavy atom. The number of benzene rings is 1. The van der Waals surface area contributed by atoms with Gasteiger partial charge in [-0.05, 0) is 50.5 Å². The molecule has 1 aromatic carbocycles. The second kappa shape index (κ2) is 17.2. The Labute approximate surface area is 228 Å². The predicted molar refractivity (Wildman–Crippen MR) is 162 cm³/mol. The van der Waals surface area contributed by atoms with Gasteiger partial charge in [0.15, 0.2) is 0 Å². The maximum atomic E-state index is 13.0. The standard InChI is InChI=1S/C22H29NO.C7H10.C6H14/c1-3-11-20(4-2)23-17-22(16-21(23)24,18-12-7-5-8-13-18)19-14-9-6-10-15-19;1-7-5-3-2-4-6-7;1-3-5-6-4-2/h5-10,12-14,19-20H,3-4,11,15-17H2,1-2H3;2-3,5H,4,6H2,1H3;3-6H2,1-2H3. The third kappa shape index (κ3) is 9.47. The summed E-state index contributed by atoms with van der Waals surface area (Å²) in [4.78, 5) is 15.1. The van der Waals surface area contributed by atoms with Crippen molar-refractivity contribution in [3.05, 3.63) is 84.0 Å². The molecule has 0 aromatic heterocycles. The number of allylic oxidation sites excluding steroid dienone is 8. The van der Waals surface area contributed by atoms with E-state index in [1.165, 1.54) is 49.7 Å². The summed E-state index contributed by atoms with van der Waals surface area (Å²) in [7, 11) is 0. The highest BCUT2D eigenvalue weighted by Gasteiger charge is 2.49. The molecule has 3 aliphatic rings.